The first-order valence-electron chi connectivity index (χ1n) is 17.8. The molecule has 3 N–H and O–H groups in total. The predicted molar refractivity (Wildman–Crippen MR) is 197 cm³/mol. The van der Waals surface area contributed by atoms with E-state index >= 15 is 0 Å². The van der Waals surface area contributed by atoms with Crippen molar-refractivity contribution in [2.75, 3.05) is 77.9 Å². The zero-order chi connectivity index (χ0) is 36.4. The number of ether oxygens (including phenoxy) is 5. The third kappa shape index (κ3) is 8.63. The Morgan fingerprint density at radius 1 is 0.755 bits per heavy atom. The quantitative estimate of drug-likeness (QED) is 0.0826. The zero-order valence-electron chi connectivity index (χ0n) is 29.3. The summed E-state index contributed by atoms with van der Waals surface area (Å²) in [4.78, 5) is 51.1. The normalized spacial score (nSPS) is 15.7. The number of pyridine rings is 2. The van der Waals surface area contributed by atoms with E-state index in [-0.39, 0.29) is 30.3 Å². The summed E-state index contributed by atoms with van der Waals surface area (Å²) >= 11 is 0. The topological polar surface area (TPSA) is 166 Å². The van der Waals surface area contributed by atoms with Crippen LogP contribution < -0.4 is 15.4 Å². The van der Waals surface area contributed by atoms with E-state index in [4.69, 9.17) is 23.7 Å². The summed E-state index contributed by atoms with van der Waals surface area (Å²) in [6, 6.07) is 17.0. The minimum atomic E-state index is -0.340. The lowest BCUT2D eigenvalue weighted by atomic mass is 10.1. The van der Waals surface area contributed by atoms with E-state index in [1.807, 2.05) is 30.6 Å². The van der Waals surface area contributed by atoms with Crippen LogP contribution in [0.5, 0.6) is 5.88 Å². The maximum atomic E-state index is 13.2. The molecule has 14 nitrogen and oxygen atoms in total. The van der Waals surface area contributed by atoms with Crippen molar-refractivity contribution < 1.29 is 38.1 Å². The molecule has 7 rings (SSSR count). The van der Waals surface area contributed by atoms with Gasteiger partial charge >= 0.3 is 0 Å². The number of rotatable bonds is 19. The second-order valence-corrected chi connectivity index (χ2v) is 12.6. The van der Waals surface area contributed by atoms with E-state index in [9.17, 15) is 14.4 Å². The standard InChI is InChI=1S/C39H42N6O8/c46-35-8-6-28(24-42-35)45-38(47)30-2-1-3-33(37(30)39(45)48)41-12-13-49-14-15-50-16-17-51-18-19-52-20-21-53-36-9-5-27(23-43-36)26-4-7-29-31-25-40-11-10-32(31)44-34(29)22-26/h1-5,7,9-11,22-23,25,28,41,44H,6,8,12-21,24H2,(H,42,46). The Morgan fingerprint density at radius 3 is 2.25 bits per heavy atom. The summed E-state index contributed by atoms with van der Waals surface area (Å²) in [5, 5.41) is 8.21. The fraction of sp³-hybridized carbons (Fsp3) is 0.359. The Balaban J connectivity index is 0.694. The second-order valence-electron chi connectivity index (χ2n) is 12.6. The van der Waals surface area contributed by atoms with Crippen LogP contribution in [0.15, 0.2) is 73.2 Å². The highest BCUT2D eigenvalue weighted by Gasteiger charge is 2.42. The number of anilines is 1. The van der Waals surface area contributed by atoms with Gasteiger partial charge in [-0.2, -0.15) is 0 Å². The molecule has 53 heavy (non-hydrogen) atoms. The van der Waals surface area contributed by atoms with Crippen molar-refractivity contribution in [3.8, 4) is 17.0 Å². The average molecular weight is 723 g/mol. The molecule has 2 aliphatic rings. The molecule has 3 amide bonds. The van der Waals surface area contributed by atoms with Crippen LogP contribution in [0.3, 0.4) is 0 Å². The van der Waals surface area contributed by atoms with E-state index in [1.165, 1.54) is 4.90 Å². The Bertz CT molecular complexity index is 2040. The number of amides is 3. The third-order valence-electron chi connectivity index (χ3n) is 9.18. The number of aromatic amines is 1. The van der Waals surface area contributed by atoms with Crippen LogP contribution in [-0.2, 0) is 23.7 Å². The van der Waals surface area contributed by atoms with Crippen molar-refractivity contribution in [3.63, 3.8) is 0 Å². The highest BCUT2D eigenvalue weighted by Crippen LogP contribution is 2.32. The van der Waals surface area contributed by atoms with Crippen LogP contribution in [0.4, 0.5) is 5.69 Å². The number of nitrogens with one attached hydrogen (secondary N) is 3. The first-order chi connectivity index (χ1) is 26.1. The smallest absolute Gasteiger partial charge is 0.263 e. The van der Waals surface area contributed by atoms with Crippen LogP contribution in [-0.4, -0.2) is 116 Å². The molecule has 1 saturated heterocycles. The summed E-state index contributed by atoms with van der Waals surface area (Å²) in [7, 11) is 0. The molecular formula is C39H42N6O8. The number of nitrogens with zero attached hydrogens (tertiary/aromatic N) is 3. The van der Waals surface area contributed by atoms with E-state index in [2.05, 4.69) is 43.8 Å². The van der Waals surface area contributed by atoms with E-state index in [1.54, 1.807) is 24.4 Å². The largest absolute Gasteiger partial charge is 0.475 e. The lowest BCUT2D eigenvalue weighted by Gasteiger charge is -2.29. The number of H-pyrrole nitrogens is 1. The maximum absolute atomic E-state index is 13.2. The number of fused-ring (bicyclic) bond motifs is 4. The van der Waals surface area contributed by atoms with Gasteiger partial charge in [0.15, 0.2) is 0 Å². The number of hydrogen-bond donors (Lipinski definition) is 3. The number of carbonyl (C=O) groups is 3. The minimum Gasteiger partial charge on any atom is -0.475 e. The summed E-state index contributed by atoms with van der Waals surface area (Å²) < 4.78 is 28.1. The van der Waals surface area contributed by atoms with Crippen LogP contribution in [0.2, 0.25) is 0 Å². The second kappa shape index (κ2) is 17.4. The summed E-state index contributed by atoms with van der Waals surface area (Å²) in [6.07, 6.45) is 6.23. The van der Waals surface area contributed by atoms with Gasteiger partial charge in [-0.15, -0.1) is 0 Å². The first kappa shape index (κ1) is 36.0. The maximum Gasteiger partial charge on any atom is 0.263 e. The number of carbonyl (C=O) groups excluding carboxylic acids is 3. The van der Waals surface area contributed by atoms with Gasteiger partial charge in [-0.1, -0.05) is 18.2 Å². The highest BCUT2D eigenvalue weighted by molar-refractivity contribution is 6.24. The Kier molecular flexibility index (Phi) is 11.8. The van der Waals surface area contributed by atoms with Gasteiger partial charge in [0.1, 0.15) is 6.61 Å². The summed E-state index contributed by atoms with van der Waals surface area (Å²) in [5.41, 5.74) is 5.52. The molecule has 0 aliphatic carbocycles. The van der Waals surface area contributed by atoms with E-state index in [0.717, 1.165) is 32.9 Å². The molecule has 5 heterocycles. The van der Waals surface area contributed by atoms with Crippen LogP contribution in [0, 0.1) is 0 Å². The fourth-order valence-corrected chi connectivity index (χ4v) is 6.51. The highest BCUT2D eigenvalue weighted by atomic mass is 16.6. The van der Waals surface area contributed by atoms with Gasteiger partial charge in [-0.3, -0.25) is 24.3 Å². The van der Waals surface area contributed by atoms with Crippen LogP contribution in [0.25, 0.3) is 32.9 Å². The number of aromatic nitrogens is 3. The Labute approximate surface area is 306 Å². The van der Waals surface area contributed by atoms with Crippen LogP contribution in [0.1, 0.15) is 33.6 Å². The van der Waals surface area contributed by atoms with Crippen molar-refractivity contribution in [2.24, 2.45) is 0 Å². The summed E-state index contributed by atoms with van der Waals surface area (Å²) in [6.45, 7) is 4.53. The molecule has 1 atom stereocenters. The minimum absolute atomic E-state index is 0.0637. The first-order valence-corrected chi connectivity index (χ1v) is 17.8. The number of hydrogen-bond acceptors (Lipinski definition) is 11. The van der Waals surface area contributed by atoms with Gasteiger partial charge in [0.25, 0.3) is 11.8 Å². The van der Waals surface area contributed by atoms with Gasteiger partial charge in [-0.05, 0) is 42.3 Å². The molecule has 276 valence electrons. The third-order valence-corrected chi connectivity index (χ3v) is 9.18. The molecule has 0 spiro atoms. The van der Waals surface area contributed by atoms with Crippen molar-refractivity contribution in [1.29, 1.82) is 0 Å². The van der Waals surface area contributed by atoms with Crippen molar-refractivity contribution in [2.45, 2.75) is 18.9 Å². The molecule has 0 bridgehead atoms. The summed E-state index contributed by atoms with van der Waals surface area (Å²) in [5.74, 6) is -0.183. The fourth-order valence-electron chi connectivity index (χ4n) is 6.51. The molecule has 1 fully saturated rings. The monoisotopic (exact) mass is 722 g/mol. The molecule has 2 aromatic carbocycles. The van der Waals surface area contributed by atoms with Gasteiger partial charge in [0.05, 0.1) is 70.0 Å². The molecule has 2 aliphatic heterocycles. The Morgan fingerprint density at radius 2 is 1.51 bits per heavy atom. The molecule has 14 heteroatoms. The van der Waals surface area contributed by atoms with Crippen molar-refractivity contribution >= 4 is 45.2 Å². The SMILES string of the molecule is O=C1CCC(N2C(=O)c3cccc(NCCOCCOCCOCCOCCOc4ccc(-c5ccc6c(c5)[nH]c5ccncc56)cn4)c3C2=O)CN1. The van der Waals surface area contributed by atoms with Crippen molar-refractivity contribution in [1.82, 2.24) is 25.2 Å². The van der Waals surface area contributed by atoms with E-state index in [0.29, 0.717) is 102 Å². The molecule has 0 radical (unpaired) electrons. The average Bonchev–Trinajstić information content (AvgIpc) is 3.68. The van der Waals surface area contributed by atoms with Gasteiger partial charge < -0.3 is 39.3 Å². The lowest BCUT2D eigenvalue weighted by molar-refractivity contribution is -0.123. The molecule has 3 aromatic heterocycles. The molecule has 0 saturated carbocycles. The zero-order valence-corrected chi connectivity index (χ0v) is 29.3. The molecular weight excluding hydrogens is 680 g/mol. The lowest BCUT2D eigenvalue weighted by Crippen LogP contribution is -2.50. The Hall–Kier alpha value is -5.41. The van der Waals surface area contributed by atoms with Crippen LogP contribution >= 0.6 is 0 Å². The van der Waals surface area contributed by atoms with Gasteiger partial charge in [-0.25, -0.2) is 4.98 Å². The number of benzene rings is 2. The molecule has 5 aromatic rings. The van der Waals surface area contributed by atoms with E-state index < -0.39 is 0 Å². The molecule has 1 unspecified atom stereocenters. The number of imide groups is 1. The predicted octanol–water partition coefficient (Wildman–Crippen LogP) is 4.21. The number of piperidine rings is 1. The van der Waals surface area contributed by atoms with Gasteiger partial charge in [0, 0.05) is 77.2 Å². The van der Waals surface area contributed by atoms with Crippen molar-refractivity contribution in [3.05, 3.63) is 84.3 Å². The van der Waals surface area contributed by atoms with Gasteiger partial charge in [0.2, 0.25) is 11.8 Å².